The number of benzene rings is 1. The summed E-state index contributed by atoms with van der Waals surface area (Å²) in [5, 5.41) is 0. The number of aromatic nitrogens is 2. The predicted octanol–water partition coefficient (Wildman–Crippen LogP) is 1.84. The van der Waals surface area contributed by atoms with Gasteiger partial charge in [0, 0.05) is 12.1 Å². The molecule has 0 aliphatic heterocycles. The van der Waals surface area contributed by atoms with Crippen LogP contribution in [-0.2, 0) is 6.54 Å². The minimum atomic E-state index is 0.489. The first-order chi connectivity index (χ1) is 6.81. The Morgan fingerprint density at radius 2 is 2.00 bits per heavy atom. The first kappa shape index (κ1) is 8.97. The van der Waals surface area contributed by atoms with Gasteiger partial charge in [-0.25, -0.2) is 4.98 Å². The molecule has 0 saturated carbocycles. The Kier molecular flexibility index (Phi) is 2.33. The van der Waals surface area contributed by atoms with Gasteiger partial charge in [0.15, 0.2) is 0 Å². The van der Waals surface area contributed by atoms with Crippen LogP contribution in [0.5, 0.6) is 0 Å². The van der Waals surface area contributed by atoms with Crippen LogP contribution in [0.2, 0.25) is 0 Å². The van der Waals surface area contributed by atoms with E-state index in [2.05, 4.69) is 41.2 Å². The monoisotopic (exact) mass is 187 g/mol. The second kappa shape index (κ2) is 3.64. The van der Waals surface area contributed by atoms with Gasteiger partial charge in [-0.3, -0.25) is 0 Å². The molecule has 0 atom stereocenters. The van der Waals surface area contributed by atoms with Crippen molar-refractivity contribution >= 4 is 0 Å². The molecule has 0 aliphatic rings. The van der Waals surface area contributed by atoms with Crippen LogP contribution in [0.25, 0.3) is 11.3 Å². The van der Waals surface area contributed by atoms with E-state index in [1.165, 1.54) is 5.56 Å². The largest absolute Gasteiger partial charge is 0.347 e. The van der Waals surface area contributed by atoms with Crippen molar-refractivity contribution in [3.05, 3.63) is 41.9 Å². The van der Waals surface area contributed by atoms with Gasteiger partial charge in [-0.05, 0) is 6.92 Å². The molecule has 2 aromatic rings. The summed E-state index contributed by atoms with van der Waals surface area (Å²) >= 11 is 0. The maximum absolute atomic E-state index is 5.59. The number of nitrogens with zero attached hydrogens (tertiary/aromatic N) is 1. The molecule has 0 fully saturated rings. The summed E-state index contributed by atoms with van der Waals surface area (Å²) in [6.07, 6.45) is 1.68. The Morgan fingerprint density at radius 3 is 2.64 bits per heavy atom. The number of imidazole rings is 1. The third-order valence-electron chi connectivity index (χ3n) is 2.25. The minimum Gasteiger partial charge on any atom is -0.347 e. The van der Waals surface area contributed by atoms with Crippen molar-refractivity contribution in [2.75, 3.05) is 0 Å². The van der Waals surface area contributed by atoms with Crippen LogP contribution in [0, 0.1) is 6.92 Å². The lowest BCUT2D eigenvalue weighted by Gasteiger charge is -2.00. The molecule has 2 rings (SSSR count). The van der Waals surface area contributed by atoms with Gasteiger partial charge in [0.05, 0.1) is 17.7 Å². The Balaban J connectivity index is 2.44. The number of hydrogen-bond acceptors (Lipinski definition) is 2. The van der Waals surface area contributed by atoms with E-state index < -0.39 is 0 Å². The zero-order valence-electron chi connectivity index (χ0n) is 8.12. The van der Waals surface area contributed by atoms with Crippen LogP contribution >= 0.6 is 0 Å². The van der Waals surface area contributed by atoms with E-state index >= 15 is 0 Å². The molecule has 0 amide bonds. The van der Waals surface area contributed by atoms with Crippen LogP contribution < -0.4 is 5.73 Å². The van der Waals surface area contributed by atoms with Crippen molar-refractivity contribution in [3.63, 3.8) is 0 Å². The van der Waals surface area contributed by atoms with Crippen molar-refractivity contribution < 1.29 is 0 Å². The highest BCUT2D eigenvalue weighted by Gasteiger charge is 2.05. The highest BCUT2D eigenvalue weighted by Crippen LogP contribution is 2.20. The average Bonchev–Trinajstić information content (AvgIpc) is 2.67. The lowest BCUT2D eigenvalue weighted by molar-refractivity contribution is 1.01. The van der Waals surface area contributed by atoms with E-state index in [1.54, 1.807) is 6.33 Å². The number of hydrogen-bond donors (Lipinski definition) is 2. The standard InChI is InChI=1S/C11H13N3/c1-8-2-4-9(5-3-8)11-10(6-12)13-7-14-11/h2-5,7H,6,12H2,1H3,(H,13,14). The van der Waals surface area contributed by atoms with Crippen molar-refractivity contribution in [2.24, 2.45) is 5.73 Å². The predicted molar refractivity (Wildman–Crippen MR) is 56.7 cm³/mol. The topological polar surface area (TPSA) is 54.7 Å². The SMILES string of the molecule is Cc1ccc(-c2nc[nH]c2CN)cc1. The smallest absolute Gasteiger partial charge is 0.0929 e. The third kappa shape index (κ3) is 1.54. The van der Waals surface area contributed by atoms with Gasteiger partial charge < -0.3 is 10.7 Å². The van der Waals surface area contributed by atoms with Gasteiger partial charge in [0.25, 0.3) is 0 Å². The number of aryl methyl sites for hydroxylation is 1. The molecule has 0 unspecified atom stereocenters. The summed E-state index contributed by atoms with van der Waals surface area (Å²) in [7, 11) is 0. The molecule has 1 heterocycles. The van der Waals surface area contributed by atoms with Crippen LogP contribution in [-0.4, -0.2) is 9.97 Å². The third-order valence-corrected chi connectivity index (χ3v) is 2.25. The number of nitrogens with one attached hydrogen (secondary N) is 1. The molecule has 14 heavy (non-hydrogen) atoms. The van der Waals surface area contributed by atoms with Gasteiger partial charge in [-0.2, -0.15) is 0 Å². The van der Waals surface area contributed by atoms with E-state index in [0.717, 1.165) is 17.0 Å². The fourth-order valence-corrected chi connectivity index (χ4v) is 1.44. The van der Waals surface area contributed by atoms with Gasteiger partial charge in [-0.1, -0.05) is 29.8 Å². The van der Waals surface area contributed by atoms with Crippen LogP contribution in [0.1, 0.15) is 11.3 Å². The minimum absolute atomic E-state index is 0.489. The quantitative estimate of drug-likeness (QED) is 0.753. The van der Waals surface area contributed by atoms with Gasteiger partial charge in [-0.15, -0.1) is 0 Å². The fraction of sp³-hybridized carbons (Fsp3) is 0.182. The summed E-state index contributed by atoms with van der Waals surface area (Å²) < 4.78 is 0. The van der Waals surface area contributed by atoms with E-state index in [1.807, 2.05) is 0 Å². The molecule has 1 aromatic heterocycles. The van der Waals surface area contributed by atoms with E-state index in [-0.39, 0.29) is 0 Å². The van der Waals surface area contributed by atoms with Crippen LogP contribution in [0.15, 0.2) is 30.6 Å². The molecule has 0 spiro atoms. The van der Waals surface area contributed by atoms with Crippen LogP contribution in [0.3, 0.4) is 0 Å². The van der Waals surface area contributed by atoms with Gasteiger partial charge >= 0.3 is 0 Å². The number of nitrogens with two attached hydrogens (primary N) is 1. The maximum Gasteiger partial charge on any atom is 0.0929 e. The highest BCUT2D eigenvalue weighted by atomic mass is 14.9. The average molecular weight is 187 g/mol. The number of aromatic amines is 1. The summed E-state index contributed by atoms with van der Waals surface area (Å²) in [6.45, 7) is 2.56. The van der Waals surface area contributed by atoms with E-state index in [0.29, 0.717) is 6.54 Å². The Hall–Kier alpha value is -1.61. The first-order valence-electron chi connectivity index (χ1n) is 4.60. The Bertz CT molecular complexity index is 414. The molecule has 0 radical (unpaired) electrons. The van der Waals surface area contributed by atoms with Crippen LogP contribution in [0.4, 0.5) is 0 Å². The molecule has 0 bridgehead atoms. The molecule has 3 N–H and O–H groups in total. The second-order valence-electron chi connectivity index (χ2n) is 3.30. The van der Waals surface area contributed by atoms with Gasteiger partial charge in [0.1, 0.15) is 0 Å². The molecule has 3 heteroatoms. The highest BCUT2D eigenvalue weighted by molar-refractivity contribution is 5.61. The maximum atomic E-state index is 5.59. The summed E-state index contributed by atoms with van der Waals surface area (Å²) in [5.41, 5.74) is 9.88. The molecule has 0 saturated heterocycles. The zero-order valence-corrected chi connectivity index (χ0v) is 8.12. The first-order valence-corrected chi connectivity index (χ1v) is 4.60. The Morgan fingerprint density at radius 1 is 1.29 bits per heavy atom. The zero-order chi connectivity index (χ0) is 9.97. The summed E-state index contributed by atoms with van der Waals surface area (Å²) in [5.74, 6) is 0. The molecule has 0 aliphatic carbocycles. The summed E-state index contributed by atoms with van der Waals surface area (Å²) in [6, 6.07) is 8.27. The van der Waals surface area contributed by atoms with Crippen molar-refractivity contribution in [3.8, 4) is 11.3 Å². The van der Waals surface area contributed by atoms with E-state index in [9.17, 15) is 0 Å². The second-order valence-corrected chi connectivity index (χ2v) is 3.30. The number of rotatable bonds is 2. The van der Waals surface area contributed by atoms with Crippen molar-refractivity contribution in [1.29, 1.82) is 0 Å². The lowest BCUT2D eigenvalue weighted by atomic mass is 10.1. The summed E-state index contributed by atoms with van der Waals surface area (Å²) in [4.78, 5) is 7.28. The normalized spacial score (nSPS) is 10.4. The number of H-pyrrole nitrogens is 1. The van der Waals surface area contributed by atoms with Gasteiger partial charge in [0.2, 0.25) is 0 Å². The molecular weight excluding hydrogens is 174 g/mol. The lowest BCUT2D eigenvalue weighted by Crippen LogP contribution is -1.98. The van der Waals surface area contributed by atoms with Crippen molar-refractivity contribution in [2.45, 2.75) is 13.5 Å². The van der Waals surface area contributed by atoms with E-state index in [4.69, 9.17) is 5.73 Å². The molecule has 3 nitrogen and oxygen atoms in total. The molecular formula is C11H13N3. The molecule has 1 aromatic carbocycles. The Labute approximate surface area is 83.0 Å². The van der Waals surface area contributed by atoms with Crippen molar-refractivity contribution in [1.82, 2.24) is 9.97 Å². The fourth-order valence-electron chi connectivity index (χ4n) is 1.44. The molecule has 72 valence electrons.